The Labute approximate surface area is 238 Å². The zero-order valence-corrected chi connectivity index (χ0v) is 30.0. The summed E-state index contributed by atoms with van der Waals surface area (Å²) in [5, 5.41) is 0. The minimum Gasteiger partial charge on any atom is -0.305 e. The average Bonchev–Trinajstić information content (AvgIpc) is 2.77. The summed E-state index contributed by atoms with van der Waals surface area (Å²) in [5.74, 6) is 0. The van der Waals surface area contributed by atoms with Crippen LogP contribution >= 0.6 is 87.1 Å². The van der Waals surface area contributed by atoms with Gasteiger partial charge in [-0.2, -0.15) is 27.1 Å². The fraction of sp³-hybridized carbons (Fsp3) is 1.00. The van der Waals surface area contributed by atoms with Crippen molar-refractivity contribution >= 4 is 87.1 Å². The molecule has 4 atom stereocenters. The third-order valence-corrected chi connectivity index (χ3v) is 30.9. The van der Waals surface area contributed by atoms with Gasteiger partial charge in [0, 0.05) is 0 Å². The summed E-state index contributed by atoms with van der Waals surface area (Å²) < 4.78 is 60.2. The van der Waals surface area contributed by atoms with E-state index in [9.17, 15) is 0 Å². The molecule has 0 amide bonds. The topological polar surface area (TPSA) is 124 Å². The summed E-state index contributed by atoms with van der Waals surface area (Å²) >= 11 is 27.5. The molecule has 0 radical (unpaired) electrons. The maximum Gasteiger partial charge on any atom is 0.345 e. The van der Waals surface area contributed by atoms with E-state index in [1.807, 2.05) is 0 Å². The van der Waals surface area contributed by atoms with Gasteiger partial charge < -0.3 is 18.1 Å². The van der Waals surface area contributed by atoms with E-state index >= 15 is 0 Å². The highest BCUT2D eigenvalue weighted by molar-refractivity contribution is 8.03. The minimum atomic E-state index is -3.14. The second-order valence-electron chi connectivity index (χ2n) is 9.48. The van der Waals surface area contributed by atoms with Crippen LogP contribution in [0.15, 0.2) is 27.1 Å². The number of nitrogens with zero attached hydrogens (tertiary/aromatic N) is 10. The summed E-state index contributed by atoms with van der Waals surface area (Å²) in [6, 6.07) is 0. The summed E-state index contributed by atoms with van der Waals surface area (Å²) in [4.78, 5) is 0. The normalized spacial score (nSPS) is 48.0. The van der Waals surface area contributed by atoms with Crippen LogP contribution in [0.5, 0.6) is 0 Å². The maximum atomic E-state index is 6.86. The van der Waals surface area contributed by atoms with Crippen LogP contribution in [0.1, 0.15) is 0 Å². The van der Waals surface area contributed by atoms with Gasteiger partial charge >= 0.3 is 15.3 Å². The fourth-order valence-corrected chi connectivity index (χ4v) is 28.5. The van der Waals surface area contributed by atoms with Crippen LogP contribution in [-0.4, -0.2) is 101 Å². The fourth-order valence-electron chi connectivity index (χ4n) is 3.03. The van der Waals surface area contributed by atoms with Gasteiger partial charge in [0.25, 0.3) is 0 Å². The van der Waals surface area contributed by atoms with E-state index in [0.717, 1.165) is 0 Å². The van der Waals surface area contributed by atoms with Gasteiger partial charge in [-0.05, 0) is 101 Å². The Morgan fingerprint density at radius 2 is 0.703 bits per heavy atom. The molecular formula is C13H32Cl4N10O4P6. The minimum absolute atomic E-state index is 0.205. The Balaban J connectivity index is 1.64. The lowest BCUT2D eigenvalue weighted by molar-refractivity contribution is -0.0575. The highest BCUT2D eigenvalue weighted by atomic mass is 35.7. The number of halogens is 4. The molecule has 0 aromatic heterocycles. The first-order valence-corrected chi connectivity index (χ1v) is 24.0. The van der Waals surface area contributed by atoms with E-state index in [-0.39, 0.29) is 26.4 Å². The molecule has 0 saturated carbocycles. The molecule has 216 valence electrons. The lowest BCUT2D eigenvalue weighted by atomic mass is 9.93. The zero-order chi connectivity index (χ0) is 27.7. The maximum absolute atomic E-state index is 6.86. The summed E-state index contributed by atoms with van der Waals surface area (Å²) in [6.07, 6.45) is 0. The molecule has 0 bridgehead atoms. The molecule has 0 N–H and O–H groups in total. The molecule has 2 fully saturated rings. The SMILES string of the molecule is CN(C)[P@]1(Cl)=NP2(=N[P@@](Cl)(N(C)C)=N1)OCC1(CO2)COP2(=N[P@@](Cl)(N(C)C)=N[P@](Cl)(N(C)C)=N2)OC1. The van der Waals surface area contributed by atoms with Gasteiger partial charge in [-0.1, -0.05) is 0 Å². The van der Waals surface area contributed by atoms with Gasteiger partial charge in [0.1, 0.15) is 0 Å². The van der Waals surface area contributed by atoms with Crippen LogP contribution in [-0.2, 0) is 18.1 Å². The molecule has 3 spiro atoms. The van der Waals surface area contributed by atoms with Crippen molar-refractivity contribution in [1.82, 2.24) is 18.7 Å². The van der Waals surface area contributed by atoms with Crippen molar-refractivity contribution in [1.29, 1.82) is 0 Å². The van der Waals surface area contributed by atoms with Crippen molar-refractivity contribution in [3.05, 3.63) is 0 Å². The molecule has 4 heterocycles. The number of hydrogen-bond acceptors (Lipinski definition) is 14. The Bertz CT molecular complexity index is 1170. The average molecular weight is 720 g/mol. The molecule has 0 unspecified atom stereocenters. The molecule has 37 heavy (non-hydrogen) atoms. The van der Waals surface area contributed by atoms with Crippen LogP contribution in [0.4, 0.5) is 0 Å². The third-order valence-electron chi connectivity index (χ3n) is 5.55. The molecule has 4 aliphatic rings. The van der Waals surface area contributed by atoms with Gasteiger partial charge in [-0.25, -0.2) is 18.7 Å². The summed E-state index contributed by atoms with van der Waals surface area (Å²) in [5.41, 5.74) is -0.635. The summed E-state index contributed by atoms with van der Waals surface area (Å²) in [7, 11) is 8.12. The van der Waals surface area contributed by atoms with Gasteiger partial charge in [0.05, 0.1) is 31.8 Å². The molecule has 24 heteroatoms. The first kappa shape index (κ1) is 32.1. The lowest BCUT2D eigenvalue weighted by Crippen LogP contribution is -2.45. The van der Waals surface area contributed by atoms with Gasteiger partial charge in [-0.3, -0.25) is 0 Å². The van der Waals surface area contributed by atoms with Gasteiger partial charge in [0.15, 0.2) is 0 Å². The lowest BCUT2D eigenvalue weighted by Gasteiger charge is -2.46. The van der Waals surface area contributed by atoms with Crippen molar-refractivity contribution in [2.45, 2.75) is 0 Å². The van der Waals surface area contributed by atoms with E-state index in [1.54, 1.807) is 75.1 Å². The standard InChI is InChI=1S/C13H32Cl4N10O4P6/c1-24(2)32(14)18-33(15,25(3)4)21-36(20-32)28-9-13(10-29-36)11-30-37(31-12-13)22-34(16,26(5)6)19-35(17,23-37)27(7)8/h9-12H2,1-8H3/t32-,33-,34-,35-/m0/s1. The second kappa shape index (κ2) is 10.7. The molecule has 4 aliphatic heterocycles. The van der Waals surface area contributed by atoms with E-state index < -0.39 is 47.6 Å². The quantitative estimate of drug-likeness (QED) is 0.264. The Hall–Kier alpha value is 2.22. The predicted octanol–water partition coefficient (Wildman–Crippen LogP) is 8.97. The van der Waals surface area contributed by atoms with Crippen molar-refractivity contribution in [2.75, 3.05) is 82.8 Å². The van der Waals surface area contributed by atoms with E-state index in [0.29, 0.717) is 0 Å². The van der Waals surface area contributed by atoms with E-state index in [4.69, 9.17) is 81.1 Å². The van der Waals surface area contributed by atoms with Crippen LogP contribution in [0.25, 0.3) is 0 Å². The highest BCUT2D eigenvalue weighted by Gasteiger charge is 2.52. The third kappa shape index (κ3) is 6.16. The molecule has 4 rings (SSSR count). The Kier molecular flexibility index (Phi) is 9.33. The van der Waals surface area contributed by atoms with E-state index in [1.165, 1.54) is 0 Å². The van der Waals surface area contributed by atoms with Crippen molar-refractivity contribution in [3.8, 4) is 0 Å². The molecule has 0 aromatic carbocycles. The number of hydrogen-bond donors (Lipinski definition) is 0. The van der Waals surface area contributed by atoms with Gasteiger partial charge in [-0.15, -0.1) is 0 Å². The zero-order valence-electron chi connectivity index (χ0n) is 21.6. The largest absolute Gasteiger partial charge is 0.345 e. The van der Waals surface area contributed by atoms with Crippen molar-refractivity contribution in [3.63, 3.8) is 0 Å². The highest BCUT2D eigenvalue weighted by Crippen LogP contribution is 2.86. The van der Waals surface area contributed by atoms with Crippen molar-refractivity contribution < 1.29 is 18.1 Å². The second-order valence-corrected chi connectivity index (χ2v) is 29.4. The molecular weight excluding hydrogens is 688 g/mol. The van der Waals surface area contributed by atoms with Crippen LogP contribution < -0.4 is 0 Å². The van der Waals surface area contributed by atoms with Gasteiger partial charge in [0.2, 0.25) is 26.8 Å². The van der Waals surface area contributed by atoms with Crippen LogP contribution in [0.2, 0.25) is 0 Å². The first-order chi connectivity index (χ1) is 16.8. The van der Waals surface area contributed by atoms with Crippen LogP contribution in [0, 0.1) is 5.41 Å². The van der Waals surface area contributed by atoms with Crippen LogP contribution in [0.3, 0.4) is 0 Å². The number of rotatable bonds is 4. The molecule has 0 aliphatic carbocycles. The monoisotopic (exact) mass is 718 g/mol. The molecule has 14 nitrogen and oxygen atoms in total. The first-order valence-electron chi connectivity index (χ1n) is 10.8. The van der Waals surface area contributed by atoms with E-state index in [2.05, 4.69) is 9.03 Å². The van der Waals surface area contributed by atoms with Crippen molar-refractivity contribution in [2.24, 2.45) is 32.5 Å². The summed E-state index contributed by atoms with van der Waals surface area (Å²) in [6.45, 7) is -10.6. The molecule has 0 aromatic rings. The Morgan fingerprint density at radius 1 is 0.459 bits per heavy atom. The smallest absolute Gasteiger partial charge is 0.305 e. The molecule has 2 saturated heterocycles. The predicted molar refractivity (Wildman–Crippen MR) is 160 cm³/mol. The Morgan fingerprint density at radius 3 is 0.946 bits per heavy atom.